The number of fused-ring (bicyclic) bond motifs is 1. The monoisotopic (exact) mass is 282 g/mol. The van der Waals surface area contributed by atoms with Crippen molar-refractivity contribution in [3.63, 3.8) is 0 Å². The summed E-state index contributed by atoms with van der Waals surface area (Å²) in [7, 11) is 0. The Labute approximate surface area is 124 Å². The zero-order valence-electron chi connectivity index (χ0n) is 12.2. The Morgan fingerprint density at radius 3 is 2.67 bits per heavy atom. The van der Waals surface area contributed by atoms with Crippen LogP contribution < -0.4 is 9.47 Å². The van der Waals surface area contributed by atoms with Crippen molar-refractivity contribution in [2.75, 3.05) is 0 Å². The van der Waals surface area contributed by atoms with Crippen molar-refractivity contribution in [2.24, 2.45) is 0 Å². The first-order valence-electron chi connectivity index (χ1n) is 7.04. The molecule has 0 aromatic heterocycles. The van der Waals surface area contributed by atoms with E-state index in [1.54, 1.807) is 0 Å². The fourth-order valence-corrected chi connectivity index (χ4v) is 2.58. The fraction of sp³-hybridized carbons (Fsp3) is 0.278. The molecular formula is C18H18O3. The lowest BCUT2D eigenvalue weighted by Crippen LogP contribution is -2.33. The molecule has 0 spiro atoms. The van der Waals surface area contributed by atoms with Gasteiger partial charge in [0.1, 0.15) is 18.1 Å². The minimum Gasteiger partial charge on any atom is -0.489 e. The van der Waals surface area contributed by atoms with Crippen molar-refractivity contribution in [2.45, 2.75) is 32.0 Å². The van der Waals surface area contributed by atoms with Gasteiger partial charge in [-0.3, -0.25) is 4.79 Å². The first-order chi connectivity index (χ1) is 10.1. The lowest BCUT2D eigenvalue weighted by Gasteiger charge is -2.21. The molecule has 1 aliphatic heterocycles. The van der Waals surface area contributed by atoms with Gasteiger partial charge in [0, 0.05) is 11.0 Å². The Morgan fingerprint density at radius 2 is 1.95 bits per heavy atom. The van der Waals surface area contributed by atoms with E-state index < -0.39 is 6.10 Å². The third kappa shape index (κ3) is 2.51. The van der Waals surface area contributed by atoms with Crippen molar-refractivity contribution >= 4 is 6.29 Å². The van der Waals surface area contributed by atoms with Gasteiger partial charge >= 0.3 is 0 Å². The standard InChI is InChI=1S/C18H18O3/c1-18(2)15-10-14(8-9-16(15)21-17(18)11-19)20-12-13-6-4-3-5-7-13/h3-11,17H,12H2,1-2H3. The van der Waals surface area contributed by atoms with Crippen LogP contribution in [0.3, 0.4) is 0 Å². The van der Waals surface area contributed by atoms with Crippen LogP contribution in [0.1, 0.15) is 25.0 Å². The van der Waals surface area contributed by atoms with Gasteiger partial charge in [0.05, 0.1) is 0 Å². The molecule has 2 aromatic rings. The van der Waals surface area contributed by atoms with Gasteiger partial charge in [-0.1, -0.05) is 44.2 Å². The van der Waals surface area contributed by atoms with Crippen LogP contribution in [0.2, 0.25) is 0 Å². The van der Waals surface area contributed by atoms with Gasteiger partial charge in [-0.05, 0) is 23.8 Å². The number of carbonyl (C=O) groups excluding carboxylic acids is 1. The smallest absolute Gasteiger partial charge is 0.163 e. The first-order valence-corrected chi connectivity index (χ1v) is 7.04. The SMILES string of the molecule is CC1(C)c2cc(OCc3ccccc3)ccc2OC1C=O. The Kier molecular flexibility index (Phi) is 3.42. The number of rotatable bonds is 4. The summed E-state index contributed by atoms with van der Waals surface area (Å²) in [4.78, 5) is 11.1. The molecule has 0 fully saturated rings. The zero-order chi connectivity index (χ0) is 14.9. The van der Waals surface area contributed by atoms with Gasteiger partial charge in [0.25, 0.3) is 0 Å². The van der Waals surface area contributed by atoms with Crippen molar-refractivity contribution in [3.8, 4) is 11.5 Å². The summed E-state index contributed by atoms with van der Waals surface area (Å²) in [6.07, 6.45) is 0.432. The van der Waals surface area contributed by atoms with E-state index in [1.165, 1.54) is 0 Å². The van der Waals surface area contributed by atoms with Gasteiger partial charge in [-0.2, -0.15) is 0 Å². The van der Waals surface area contributed by atoms with E-state index in [-0.39, 0.29) is 5.41 Å². The molecule has 108 valence electrons. The highest BCUT2D eigenvalue weighted by Gasteiger charge is 2.41. The van der Waals surface area contributed by atoms with Crippen LogP contribution in [0, 0.1) is 0 Å². The van der Waals surface area contributed by atoms with Gasteiger partial charge in [0.2, 0.25) is 0 Å². The first kappa shape index (κ1) is 13.7. The van der Waals surface area contributed by atoms with E-state index in [0.29, 0.717) is 6.61 Å². The molecule has 0 bridgehead atoms. The van der Waals surface area contributed by atoms with Crippen LogP contribution >= 0.6 is 0 Å². The molecule has 1 heterocycles. The van der Waals surface area contributed by atoms with Crippen LogP contribution in [0.15, 0.2) is 48.5 Å². The predicted octanol–water partition coefficient (Wildman–Crippen LogP) is 3.50. The molecule has 0 amide bonds. The highest BCUT2D eigenvalue weighted by Crippen LogP contribution is 2.43. The third-order valence-electron chi connectivity index (χ3n) is 3.98. The molecule has 0 saturated carbocycles. The van der Waals surface area contributed by atoms with Gasteiger partial charge in [0.15, 0.2) is 12.4 Å². The summed E-state index contributed by atoms with van der Waals surface area (Å²) in [6.45, 7) is 4.55. The van der Waals surface area contributed by atoms with Gasteiger partial charge < -0.3 is 9.47 Å². The molecule has 0 N–H and O–H groups in total. The number of carbonyl (C=O) groups is 1. The van der Waals surface area contributed by atoms with Crippen LogP contribution in [-0.4, -0.2) is 12.4 Å². The highest BCUT2D eigenvalue weighted by molar-refractivity contribution is 5.65. The zero-order valence-corrected chi connectivity index (χ0v) is 12.2. The molecule has 3 rings (SSSR count). The molecule has 1 unspecified atom stereocenters. The van der Waals surface area contributed by atoms with E-state index in [2.05, 4.69) is 0 Å². The normalized spacial score (nSPS) is 18.7. The molecule has 1 atom stereocenters. The highest BCUT2D eigenvalue weighted by atomic mass is 16.5. The maximum Gasteiger partial charge on any atom is 0.163 e. The maximum absolute atomic E-state index is 11.1. The molecule has 3 heteroatoms. The van der Waals surface area contributed by atoms with Crippen LogP contribution in [0.4, 0.5) is 0 Å². The lowest BCUT2D eigenvalue weighted by molar-refractivity contribution is -0.114. The van der Waals surface area contributed by atoms with Crippen molar-refractivity contribution in [3.05, 3.63) is 59.7 Å². The number of hydrogen-bond donors (Lipinski definition) is 0. The quantitative estimate of drug-likeness (QED) is 0.805. The molecule has 21 heavy (non-hydrogen) atoms. The second kappa shape index (κ2) is 5.24. The number of ether oxygens (including phenoxy) is 2. The number of benzene rings is 2. The summed E-state index contributed by atoms with van der Waals surface area (Å²) in [5.41, 5.74) is 1.81. The molecule has 0 saturated heterocycles. The van der Waals surface area contributed by atoms with Crippen molar-refractivity contribution in [1.29, 1.82) is 0 Å². The third-order valence-corrected chi connectivity index (χ3v) is 3.98. The summed E-state index contributed by atoms with van der Waals surface area (Å²) < 4.78 is 11.5. The van der Waals surface area contributed by atoms with Crippen molar-refractivity contribution < 1.29 is 14.3 Å². The largest absolute Gasteiger partial charge is 0.489 e. The molecule has 3 nitrogen and oxygen atoms in total. The Hall–Kier alpha value is -2.29. The fourth-order valence-electron chi connectivity index (χ4n) is 2.58. The van der Waals surface area contributed by atoms with Crippen LogP contribution in [0.5, 0.6) is 11.5 Å². The molecule has 2 aromatic carbocycles. The topological polar surface area (TPSA) is 35.5 Å². The van der Waals surface area contributed by atoms with Crippen LogP contribution in [0.25, 0.3) is 0 Å². The van der Waals surface area contributed by atoms with E-state index in [9.17, 15) is 4.79 Å². The molecular weight excluding hydrogens is 264 g/mol. The summed E-state index contributed by atoms with van der Waals surface area (Å²) in [5, 5.41) is 0. The van der Waals surface area contributed by atoms with Crippen molar-refractivity contribution in [1.82, 2.24) is 0 Å². The minimum atomic E-state index is -0.433. The van der Waals surface area contributed by atoms with E-state index >= 15 is 0 Å². The molecule has 1 aliphatic rings. The summed E-state index contributed by atoms with van der Waals surface area (Å²) >= 11 is 0. The number of aldehydes is 1. The molecule has 0 radical (unpaired) electrons. The second-order valence-electron chi connectivity index (χ2n) is 5.83. The average molecular weight is 282 g/mol. The van der Waals surface area contributed by atoms with Gasteiger partial charge in [-0.15, -0.1) is 0 Å². The summed E-state index contributed by atoms with van der Waals surface area (Å²) in [6, 6.07) is 15.8. The second-order valence-corrected chi connectivity index (χ2v) is 5.83. The Balaban J connectivity index is 1.80. The van der Waals surface area contributed by atoms with E-state index in [4.69, 9.17) is 9.47 Å². The molecule has 0 aliphatic carbocycles. The number of hydrogen-bond acceptors (Lipinski definition) is 3. The Bertz CT molecular complexity index is 647. The maximum atomic E-state index is 11.1. The van der Waals surface area contributed by atoms with Crippen LogP contribution in [-0.2, 0) is 16.8 Å². The minimum absolute atomic E-state index is 0.330. The Morgan fingerprint density at radius 1 is 1.19 bits per heavy atom. The predicted molar refractivity (Wildman–Crippen MR) is 80.7 cm³/mol. The van der Waals surface area contributed by atoms with E-state index in [0.717, 1.165) is 28.9 Å². The van der Waals surface area contributed by atoms with E-state index in [1.807, 2.05) is 62.4 Å². The summed E-state index contributed by atoms with van der Waals surface area (Å²) in [5.74, 6) is 1.56. The van der Waals surface area contributed by atoms with Gasteiger partial charge in [-0.25, -0.2) is 0 Å². The average Bonchev–Trinajstić information content (AvgIpc) is 2.77. The lowest BCUT2D eigenvalue weighted by atomic mass is 9.81.